The van der Waals surface area contributed by atoms with Crippen molar-refractivity contribution in [3.05, 3.63) is 29.8 Å². The zero-order chi connectivity index (χ0) is 14.9. The first-order valence-corrected chi connectivity index (χ1v) is 7.24. The van der Waals surface area contributed by atoms with Gasteiger partial charge in [0, 0.05) is 19.2 Å². The third kappa shape index (κ3) is 3.74. The van der Waals surface area contributed by atoms with Crippen molar-refractivity contribution in [2.24, 2.45) is 5.41 Å². The highest BCUT2D eigenvalue weighted by Crippen LogP contribution is 2.35. The van der Waals surface area contributed by atoms with Crippen LogP contribution < -0.4 is 10.6 Å². The number of nitrogens with one attached hydrogen (secondary N) is 2. The molecule has 1 atom stereocenters. The summed E-state index contributed by atoms with van der Waals surface area (Å²) in [4.78, 5) is 14.1. The quantitative estimate of drug-likeness (QED) is 0.890. The van der Waals surface area contributed by atoms with Gasteiger partial charge in [-0.2, -0.15) is 0 Å². The van der Waals surface area contributed by atoms with E-state index in [9.17, 15) is 13.6 Å². The SMILES string of the molecule is Cl.O=C(CN1CCC2(CCNC2)C1)Nc1ccc(F)cc1F. The molecule has 7 heteroatoms. The Morgan fingerprint density at radius 3 is 2.86 bits per heavy atom. The minimum absolute atomic E-state index is 0. The van der Waals surface area contributed by atoms with Crippen LogP contribution in [0.1, 0.15) is 12.8 Å². The molecule has 2 aliphatic rings. The number of carbonyl (C=O) groups excluding carboxylic acids is 1. The molecule has 2 aliphatic heterocycles. The van der Waals surface area contributed by atoms with E-state index in [4.69, 9.17) is 0 Å². The summed E-state index contributed by atoms with van der Waals surface area (Å²) in [5.74, 6) is -1.66. The van der Waals surface area contributed by atoms with Gasteiger partial charge in [0.25, 0.3) is 0 Å². The Balaban J connectivity index is 0.00000176. The van der Waals surface area contributed by atoms with Crippen molar-refractivity contribution in [1.82, 2.24) is 10.2 Å². The Morgan fingerprint density at radius 1 is 1.36 bits per heavy atom. The van der Waals surface area contributed by atoms with Crippen molar-refractivity contribution < 1.29 is 13.6 Å². The van der Waals surface area contributed by atoms with Crippen LogP contribution >= 0.6 is 12.4 Å². The van der Waals surface area contributed by atoms with Gasteiger partial charge in [-0.15, -0.1) is 12.4 Å². The largest absolute Gasteiger partial charge is 0.322 e. The van der Waals surface area contributed by atoms with Gasteiger partial charge < -0.3 is 10.6 Å². The number of likely N-dealkylation sites (tertiary alicyclic amines) is 1. The summed E-state index contributed by atoms with van der Waals surface area (Å²) in [7, 11) is 0. The summed E-state index contributed by atoms with van der Waals surface area (Å²) < 4.78 is 26.3. The Bertz CT molecular complexity index is 550. The lowest BCUT2D eigenvalue weighted by Crippen LogP contribution is -2.34. The molecule has 1 aromatic rings. The fourth-order valence-electron chi connectivity index (χ4n) is 3.29. The van der Waals surface area contributed by atoms with Crippen molar-refractivity contribution >= 4 is 24.0 Å². The first-order valence-electron chi connectivity index (χ1n) is 7.24. The molecule has 1 spiro atoms. The number of anilines is 1. The number of hydrogen-bond donors (Lipinski definition) is 2. The Kier molecular flexibility index (Phi) is 5.36. The van der Waals surface area contributed by atoms with E-state index < -0.39 is 11.6 Å². The molecule has 0 aromatic heterocycles. The molecule has 4 nitrogen and oxygen atoms in total. The van der Waals surface area contributed by atoms with Gasteiger partial charge in [0.15, 0.2) is 0 Å². The molecular weight excluding hydrogens is 312 g/mol. The van der Waals surface area contributed by atoms with E-state index in [-0.39, 0.29) is 30.5 Å². The predicted molar refractivity (Wildman–Crippen MR) is 83.2 cm³/mol. The van der Waals surface area contributed by atoms with E-state index in [2.05, 4.69) is 15.5 Å². The van der Waals surface area contributed by atoms with Crippen LogP contribution in [-0.2, 0) is 4.79 Å². The standard InChI is InChI=1S/C15H19F2N3O.ClH/c16-11-1-2-13(12(17)7-11)19-14(21)8-20-6-4-15(10-20)3-5-18-9-15;/h1-2,7,18H,3-6,8-10H2,(H,19,21);1H. The highest BCUT2D eigenvalue weighted by molar-refractivity contribution is 5.92. The molecule has 2 heterocycles. The van der Waals surface area contributed by atoms with Gasteiger partial charge in [0.2, 0.25) is 5.91 Å². The van der Waals surface area contributed by atoms with Crippen LogP contribution in [0.25, 0.3) is 0 Å². The molecule has 22 heavy (non-hydrogen) atoms. The lowest BCUT2D eigenvalue weighted by molar-refractivity contribution is -0.117. The number of benzene rings is 1. The minimum Gasteiger partial charge on any atom is -0.322 e. The van der Waals surface area contributed by atoms with Crippen LogP contribution in [0.3, 0.4) is 0 Å². The normalized spacial score (nSPS) is 24.5. The van der Waals surface area contributed by atoms with E-state index >= 15 is 0 Å². The van der Waals surface area contributed by atoms with Crippen molar-refractivity contribution in [3.8, 4) is 0 Å². The van der Waals surface area contributed by atoms with Crippen molar-refractivity contribution in [2.45, 2.75) is 12.8 Å². The molecule has 122 valence electrons. The maximum Gasteiger partial charge on any atom is 0.238 e. The number of rotatable bonds is 3. The first-order chi connectivity index (χ1) is 10.1. The van der Waals surface area contributed by atoms with Gasteiger partial charge in [-0.25, -0.2) is 8.78 Å². The van der Waals surface area contributed by atoms with E-state index in [1.165, 1.54) is 6.07 Å². The average Bonchev–Trinajstić information content (AvgIpc) is 3.04. The van der Waals surface area contributed by atoms with Crippen LogP contribution in [0, 0.1) is 17.0 Å². The summed E-state index contributed by atoms with van der Waals surface area (Å²) in [5, 5.41) is 5.87. The van der Waals surface area contributed by atoms with Crippen LogP contribution in [0.5, 0.6) is 0 Å². The molecule has 1 aromatic carbocycles. The summed E-state index contributed by atoms with van der Waals surface area (Å²) in [5.41, 5.74) is 0.333. The van der Waals surface area contributed by atoms with Crippen LogP contribution in [0.15, 0.2) is 18.2 Å². The fraction of sp³-hybridized carbons (Fsp3) is 0.533. The van der Waals surface area contributed by atoms with Crippen molar-refractivity contribution in [2.75, 3.05) is 38.0 Å². The fourth-order valence-corrected chi connectivity index (χ4v) is 3.29. The van der Waals surface area contributed by atoms with Crippen LogP contribution in [0.2, 0.25) is 0 Å². The molecule has 3 rings (SSSR count). The number of halogens is 3. The molecule has 1 amide bonds. The zero-order valence-electron chi connectivity index (χ0n) is 12.2. The minimum atomic E-state index is -0.749. The zero-order valence-corrected chi connectivity index (χ0v) is 13.0. The third-order valence-electron chi connectivity index (χ3n) is 4.42. The monoisotopic (exact) mass is 331 g/mol. The summed E-state index contributed by atoms with van der Waals surface area (Å²) in [6.07, 6.45) is 2.25. The molecule has 2 N–H and O–H groups in total. The second-order valence-electron chi connectivity index (χ2n) is 6.06. The lowest BCUT2D eigenvalue weighted by Gasteiger charge is -2.22. The Hall–Kier alpha value is -1.24. The number of carbonyl (C=O) groups is 1. The van der Waals surface area contributed by atoms with Crippen molar-refractivity contribution in [3.63, 3.8) is 0 Å². The summed E-state index contributed by atoms with van der Waals surface area (Å²) >= 11 is 0. The van der Waals surface area contributed by atoms with Crippen LogP contribution in [-0.4, -0.2) is 43.5 Å². The topological polar surface area (TPSA) is 44.4 Å². The third-order valence-corrected chi connectivity index (χ3v) is 4.42. The second-order valence-corrected chi connectivity index (χ2v) is 6.06. The maximum atomic E-state index is 13.5. The molecule has 0 aliphatic carbocycles. The summed E-state index contributed by atoms with van der Waals surface area (Å²) in [6.45, 7) is 4.09. The molecule has 1 unspecified atom stereocenters. The Labute approximate surface area is 134 Å². The molecule has 0 radical (unpaired) electrons. The van der Waals surface area contributed by atoms with Gasteiger partial charge in [-0.3, -0.25) is 9.69 Å². The molecule has 2 fully saturated rings. The molecular formula is C15H20ClF2N3O. The smallest absolute Gasteiger partial charge is 0.238 e. The molecule has 0 saturated carbocycles. The van der Waals surface area contributed by atoms with E-state index in [0.29, 0.717) is 5.41 Å². The average molecular weight is 332 g/mol. The van der Waals surface area contributed by atoms with Gasteiger partial charge in [0.1, 0.15) is 11.6 Å². The first kappa shape index (κ1) is 17.1. The van der Waals surface area contributed by atoms with Gasteiger partial charge >= 0.3 is 0 Å². The van der Waals surface area contributed by atoms with Gasteiger partial charge in [-0.1, -0.05) is 0 Å². The van der Waals surface area contributed by atoms with Gasteiger partial charge in [-0.05, 0) is 43.5 Å². The van der Waals surface area contributed by atoms with Gasteiger partial charge in [0.05, 0.1) is 12.2 Å². The number of amides is 1. The highest BCUT2D eigenvalue weighted by Gasteiger charge is 2.40. The van der Waals surface area contributed by atoms with E-state index in [1.54, 1.807) is 0 Å². The van der Waals surface area contributed by atoms with E-state index in [0.717, 1.165) is 51.2 Å². The second kappa shape index (κ2) is 6.89. The highest BCUT2D eigenvalue weighted by atomic mass is 35.5. The predicted octanol–water partition coefficient (Wildman–Crippen LogP) is 2.01. The lowest BCUT2D eigenvalue weighted by atomic mass is 9.87. The molecule has 2 saturated heterocycles. The number of nitrogens with zero attached hydrogens (tertiary/aromatic N) is 1. The van der Waals surface area contributed by atoms with Crippen molar-refractivity contribution in [1.29, 1.82) is 0 Å². The summed E-state index contributed by atoms with van der Waals surface area (Å²) in [6, 6.07) is 3.15. The van der Waals surface area contributed by atoms with E-state index in [1.807, 2.05) is 0 Å². The van der Waals surface area contributed by atoms with Crippen LogP contribution in [0.4, 0.5) is 14.5 Å². The molecule has 0 bridgehead atoms. The number of hydrogen-bond acceptors (Lipinski definition) is 3. The Morgan fingerprint density at radius 2 is 2.18 bits per heavy atom. The maximum absolute atomic E-state index is 13.5.